The number of rotatable bonds is 2. The van der Waals surface area contributed by atoms with Gasteiger partial charge in [0.1, 0.15) is 11.4 Å². The Morgan fingerprint density at radius 1 is 1.41 bits per heavy atom. The van der Waals surface area contributed by atoms with E-state index in [1.54, 1.807) is 31.2 Å². The van der Waals surface area contributed by atoms with Crippen LogP contribution in [0.3, 0.4) is 0 Å². The molecular weight excluding hydrogens is 222 g/mol. The SMILES string of the molecule is Cc1noc(-c2ccc(N)cc2)c1NC(=O)O. The van der Waals surface area contributed by atoms with Crippen molar-refractivity contribution in [1.82, 2.24) is 5.16 Å². The van der Waals surface area contributed by atoms with Gasteiger partial charge in [-0.15, -0.1) is 0 Å². The molecule has 2 rings (SSSR count). The number of nitrogen functional groups attached to an aromatic ring is 1. The van der Waals surface area contributed by atoms with Gasteiger partial charge in [-0.3, -0.25) is 5.32 Å². The molecular formula is C11H11N3O3. The van der Waals surface area contributed by atoms with Crippen LogP contribution in [0.2, 0.25) is 0 Å². The summed E-state index contributed by atoms with van der Waals surface area (Å²) in [4.78, 5) is 10.7. The molecule has 4 N–H and O–H groups in total. The minimum absolute atomic E-state index is 0.349. The summed E-state index contributed by atoms with van der Waals surface area (Å²) in [5, 5.41) is 14.7. The molecule has 1 aromatic heterocycles. The van der Waals surface area contributed by atoms with Crippen molar-refractivity contribution in [1.29, 1.82) is 0 Å². The molecule has 0 saturated carbocycles. The molecule has 0 aliphatic carbocycles. The predicted octanol–water partition coefficient (Wildman–Crippen LogP) is 2.32. The van der Waals surface area contributed by atoms with Gasteiger partial charge >= 0.3 is 6.09 Å². The molecule has 2 aromatic rings. The molecule has 6 heteroatoms. The Bertz CT molecular complexity index is 546. The summed E-state index contributed by atoms with van der Waals surface area (Å²) < 4.78 is 5.11. The fraction of sp³-hybridized carbons (Fsp3) is 0.0909. The molecule has 88 valence electrons. The third-order valence-corrected chi connectivity index (χ3v) is 2.27. The van der Waals surface area contributed by atoms with Gasteiger partial charge in [0.15, 0.2) is 5.76 Å². The second-order valence-electron chi connectivity index (χ2n) is 3.52. The second kappa shape index (κ2) is 4.17. The predicted molar refractivity (Wildman–Crippen MR) is 62.7 cm³/mol. The van der Waals surface area contributed by atoms with E-state index >= 15 is 0 Å². The molecule has 1 heterocycles. The van der Waals surface area contributed by atoms with Crippen molar-refractivity contribution in [3.8, 4) is 11.3 Å². The summed E-state index contributed by atoms with van der Waals surface area (Å²) in [5.74, 6) is 0.380. The third-order valence-electron chi connectivity index (χ3n) is 2.27. The highest BCUT2D eigenvalue weighted by atomic mass is 16.5. The lowest BCUT2D eigenvalue weighted by atomic mass is 10.1. The quantitative estimate of drug-likeness (QED) is 0.691. The Kier molecular flexibility index (Phi) is 2.70. The van der Waals surface area contributed by atoms with Gasteiger partial charge in [0, 0.05) is 11.3 Å². The summed E-state index contributed by atoms with van der Waals surface area (Å²) in [6.45, 7) is 1.66. The Morgan fingerprint density at radius 3 is 2.65 bits per heavy atom. The highest BCUT2D eigenvalue weighted by Crippen LogP contribution is 2.31. The standard InChI is InChI=1S/C11H11N3O3/c1-6-9(13-11(15)16)10(17-14-6)7-2-4-8(12)5-3-7/h2-5,13H,12H2,1H3,(H,15,16). The number of benzene rings is 1. The molecule has 17 heavy (non-hydrogen) atoms. The Balaban J connectivity index is 2.45. The van der Waals surface area contributed by atoms with Crippen LogP contribution >= 0.6 is 0 Å². The highest BCUT2D eigenvalue weighted by Gasteiger charge is 2.16. The largest absolute Gasteiger partial charge is 0.465 e. The Morgan fingerprint density at radius 2 is 2.06 bits per heavy atom. The molecule has 0 radical (unpaired) electrons. The number of nitrogens with zero attached hydrogens (tertiary/aromatic N) is 1. The van der Waals surface area contributed by atoms with Crippen LogP contribution in [0.4, 0.5) is 16.2 Å². The van der Waals surface area contributed by atoms with E-state index in [2.05, 4.69) is 10.5 Å². The zero-order chi connectivity index (χ0) is 12.4. The van der Waals surface area contributed by atoms with Crippen molar-refractivity contribution >= 4 is 17.5 Å². The van der Waals surface area contributed by atoms with Gasteiger partial charge in [-0.05, 0) is 31.2 Å². The van der Waals surface area contributed by atoms with Crippen LogP contribution in [-0.4, -0.2) is 16.4 Å². The Labute approximate surface area is 97.0 Å². The number of hydrogen-bond donors (Lipinski definition) is 3. The van der Waals surface area contributed by atoms with E-state index in [1.165, 1.54) is 0 Å². The molecule has 0 unspecified atom stereocenters. The minimum Gasteiger partial charge on any atom is -0.465 e. The molecule has 0 saturated heterocycles. The van der Waals surface area contributed by atoms with E-state index < -0.39 is 6.09 Å². The van der Waals surface area contributed by atoms with E-state index in [-0.39, 0.29) is 0 Å². The normalized spacial score (nSPS) is 10.2. The van der Waals surface area contributed by atoms with Crippen molar-refractivity contribution in [3.05, 3.63) is 30.0 Å². The fourth-order valence-electron chi connectivity index (χ4n) is 1.46. The summed E-state index contributed by atoms with van der Waals surface area (Å²) in [6.07, 6.45) is -1.16. The van der Waals surface area contributed by atoms with Gasteiger partial charge in [-0.1, -0.05) is 5.16 Å². The second-order valence-corrected chi connectivity index (χ2v) is 3.52. The number of nitrogens with two attached hydrogens (primary N) is 1. The lowest BCUT2D eigenvalue weighted by molar-refractivity contribution is 0.209. The third kappa shape index (κ3) is 2.20. The first-order valence-corrected chi connectivity index (χ1v) is 4.90. The number of amides is 1. The first kappa shape index (κ1) is 11.0. The van der Waals surface area contributed by atoms with Crippen LogP contribution in [0, 0.1) is 6.92 Å². The number of aromatic nitrogens is 1. The van der Waals surface area contributed by atoms with E-state index in [4.69, 9.17) is 15.4 Å². The van der Waals surface area contributed by atoms with Crippen molar-refractivity contribution < 1.29 is 14.4 Å². The van der Waals surface area contributed by atoms with Crippen molar-refractivity contribution in [2.24, 2.45) is 0 Å². The Hall–Kier alpha value is -2.50. The van der Waals surface area contributed by atoms with Crippen LogP contribution in [-0.2, 0) is 0 Å². The van der Waals surface area contributed by atoms with Crippen LogP contribution < -0.4 is 11.1 Å². The zero-order valence-electron chi connectivity index (χ0n) is 9.10. The van der Waals surface area contributed by atoms with Gasteiger partial charge in [0.2, 0.25) is 0 Å². The summed E-state index contributed by atoms with van der Waals surface area (Å²) in [5.41, 5.74) is 7.74. The number of nitrogens with one attached hydrogen (secondary N) is 1. The molecule has 0 bridgehead atoms. The summed E-state index contributed by atoms with van der Waals surface area (Å²) in [7, 11) is 0. The highest BCUT2D eigenvalue weighted by molar-refractivity contribution is 5.89. The maximum atomic E-state index is 10.7. The topological polar surface area (TPSA) is 101 Å². The van der Waals surface area contributed by atoms with Gasteiger partial charge < -0.3 is 15.4 Å². The number of carboxylic acid groups (broad SMARTS) is 1. The average Bonchev–Trinajstić information content (AvgIpc) is 2.61. The van der Waals surface area contributed by atoms with Crippen LogP contribution in [0.15, 0.2) is 28.8 Å². The monoisotopic (exact) mass is 233 g/mol. The lowest BCUT2D eigenvalue weighted by Gasteiger charge is -2.02. The fourth-order valence-corrected chi connectivity index (χ4v) is 1.46. The molecule has 6 nitrogen and oxygen atoms in total. The number of aryl methyl sites for hydroxylation is 1. The van der Waals surface area contributed by atoms with Gasteiger partial charge in [-0.2, -0.15) is 0 Å². The molecule has 0 aliphatic heterocycles. The zero-order valence-corrected chi connectivity index (χ0v) is 9.10. The number of hydrogen-bond acceptors (Lipinski definition) is 4. The van der Waals surface area contributed by atoms with Gasteiger partial charge in [-0.25, -0.2) is 4.79 Å². The van der Waals surface area contributed by atoms with Crippen LogP contribution in [0.1, 0.15) is 5.69 Å². The first-order chi connectivity index (χ1) is 8.08. The average molecular weight is 233 g/mol. The maximum Gasteiger partial charge on any atom is 0.409 e. The summed E-state index contributed by atoms with van der Waals surface area (Å²) >= 11 is 0. The summed E-state index contributed by atoms with van der Waals surface area (Å²) in [6, 6.07) is 6.89. The van der Waals surface area contributed by atoms with Crippen LogP contribution in [0.25, 0.3) is 11.3 Å². The molecule has 0 fully saturated rings. The molecule has 0 atom stereocenters. The van der Waals surface area contributed by atoms with Crippen molar-refractivity contribution in [2.75, 3.05) is 11.1 Å². The van der Waals surface area contributed by atoms with E-state index in [0.29, 0.717) is 28.4 Å². The molecule has 0 aliphatic rings. The maximum absolute atomic E-state index is 10.7. The number of anilines is 2. The molecule has 1 aromatic carbocycles. The smallest absolute Gasteiger partial charge is 0.409 e. The van der Waals surface area contributed by atoms with Gasteiger partial charge in [0.25, 0.3) is 0 Å². The van der Waals surface area contributed by atoms with Crippen molar-refractivity contribution in [2.45, 2.75) is 6.92 Å². The molecule has 1 amide bonds. The number of carbonyl (C=O) groups is 1. The van der Waals surface area contributed by atoms with E-state index in [9.17, 15) is 4.79 Å². The minimum atomic E-state index is -1.16. The van der Waals surface area contributed by atoms with Crippen LogP contribution in [0.5, 0.6) is 0 Å². The van der Waals surface area contributed by atoms with Gasteiger partial charge in [0.05, 0.1) is 0 Å². The van der Waals surface area contributed by atoms with E-state index in [1.807, 2.05) is 0 Å². The lowest BCUT2D eigenvalue weighted by Crippen LogP contribution is -2.08. The first-order valence-electron chi connectivity index (χ1n) is 4.90. The van der Waals surface area contributed by atoms with Crippen molar-refractivity contribution in [3.63, 3.8) is 0 Å². The van der Waals surface area contributed by atoms with E-state index in [0.717, 1.165) is 0 Å². The molecule has 0 spiro atoms.